The third kappa shape index (κ3) is 2.94. The molecular formula is C14H21N3O. The van der Waals surface area contributed by atoms with Crippen LogP contribution in [-0.4, -0.2) is 44.1 Å². The molecule has 0 amide bonds. The van der Waals surface area contributed by atoms with E-state index >= 15 is 0 Å². The van der Waals surface area contributed by atoms with Crippen LogP contribution in [0.15, 0.2) is 29.3 Å². The van der Waals surface area contributed by atoms with E-state index in [9.17, 15) is 0 Å². The second-order valence-corrected chi connectivity index (χ2v) is 4.64. The Morgan fingerprint density at radius 2 is 2.22 bits per heavy atom. The second kappa shape index (κ2) is 5.76. The fraction of sp³-hybridized carbons (Fsp3) is 0.500. The van der Waals surface area contributed by atoms with Crippen LogP contribution in [0, 0.1) is 0 Å². The molecule has 4 heteroatoms. The molecule has 4 nitrogen and oxygen atoms in total. The zero-order valence-electron chi connectivity index (χ0n) is 11.3. The van der Waals surface area contributed by atoms with Crippen LogP contribution in [0.1, 0.15) is 12.5 Å². The number of ether oxygens (including phenoxy) is 1. The number of benzene rings is 1. The summed E-state index contributed by atoms with van der Waals surface area (Å²) >= 11 is 0. The Bertz CT molecular complexity index is 404. The molecular weight excluding hydrogens is 226 g/mol. The van der Waals surface area contributed by atoms with Gasteiger partial charge in [-0.1, -0.05) is 18.2 Å². The molecule has 0 bridgehead atoms. The molecule has 1 aromatic rings. The molecule has 1 aromatic carbocycles. The van der Waals surface area contributed by atoms with Crippen molar-refractivity contribution in [3.05, 3.63) is 29.8 Å². The number of fused-ring (bicyclic) bond motifs is 1. The molecule has 1 aliphatic rings. The minimum atomic E-state index is 0.163. The maximum absolute atomic E-state index is 5.86. The third-order valence-corrected chi connectivity index (χ3v) is 2.92. The Morgan fingerprint density at radius 3 is 2.89 bits per heavy atom. The average molecular weight is 247 g/mol. The van der Waals surface area contributed by atoms with Crippen molar-refractivity contribution in [2.45, 2.75) is 19.4 Å². The molecule has 0 aliphatic carbocycles. The Morgan fingerprint density at radius 1 is 1.44 bits per heavy atom. The van der Waals surface area contributed by atoms with E-state index in [0.29, 0.717) is 6.54 Å². The van der Waals surface area contributed by atoms with E-state index in [4.69, 9.17) is 4.74 Å². The molecule has 1 atom stereocenters. The zero-order valence-corrected chi connectivity index (χ0v) is 11.3. The molecule has 0 aromatic heterocycles. The third-order valence-electron chi connectivity index (χ3n) is 2.92. The van der Waals surface area contributed by atoms with Gasteiger partial charge < -0.3 is 15.0 Å². The molecule has 1 unspecified atom stereocenters. The van der Waals surface area contributed by atoms with Crippen molar-refractivity contribution in [2.24, 2.45) is 4.99 Å². The number of hydrogen-bond donors (Lipinski definition) is 1. The number of nitrogens with zero attached hydrogens (tertiary/aromatic N) is 2. The number of hydrogen-bond acceptors (Lipinski definition) is 2. The van der Waals surface area contributed by atoms with E-state index in [1.54, 1.807) is 0 Å². The molecule has 2 rings (SSSR count). The highest BCUT2D eigenvalue weighted by atomic mass is 16.5. The topological polar surface area (TPSA) is 36.9 Å². The number of guanidine groups is 1. The average Bonchev–Trinajstić information content (AvgIpc) is 2.76. The van der Waals surface area contributed by atoms with Crippen LogP contribution < -0.4 is 10.1 Å². The number of nitrogens with one attached hydrogen (secondary N) is 1. The van der Waals surface area contributed by atoms with Crippen molar-refractivity contribution in [2.75, 3.05) is 27.2 Å². The van der Waals surface area contributed by atoms with Crippen LogP contribution in [0.3, 0.4) is 0 Å². The SMILES string of the molecule is CCNC(=NCC1Cc2ccccc2O1)N(C)C. The first kappa shape index (κ1) is 12.7. The second-order valence-electron chi connectivity index (χ2n) is 4.64. The van der Waals surface area contributed by atoms with E-state index in [2.05, 4.69) is 29.4 Å². The normalized spacial score (nSPS) is 18.2. The Hall–Kier alpha value is -1.71. The highest BCUT2D eigenvalue weighted by Crippen LogP contribution is 2.28. The first-order valence-electron chi connectivity index (χ1n) is 6.41. The van der Waals surface area contributed by atoms with Crippen molar-refractivity contribution in [1.29, 1.82) is 0 Å². The first-order chi connectivity index (χ1) is 8.70. The molecule has 0 saturated heterocycles. The molecule has 0 spiro atoms. The molecule has 18 heavy (non-hydrogen) atoms. The maximum Gasteiger partial charge on any atom is 0.193 e. The van der Waals surface area contributed by atoms with E-state index in [0.717, 1.165) is 24.7 Å². The molecule has 98 valence electrons. The van der Waals surface area contributed by atoms with Gasteiger partial charge in [0.05, 0.1) is 6.54 Å². The molecule has 1 aliphatic heterocycles. The monoisotopic (exact) mass is 247 g/mol. The predicted molar refractivity (Wildman–Crippen MR) is 74.2 cm³/mol. The summed E-state index contributed by atoms with van der Waals surface area (Å²) in [5.41, 5.74) is 1.28. The van der Waals surface area contributed by atoms with E-state index in [1.807, 2.05) is 31.1 Å². The Kier molecular flexibility index (Phi) is 4.07. The fourth-order valence-corrected chi connectivity index (χ4v) is 2.06. The van der Waals surface area contributed by atoms with Crippen LogP contribution in [-0.2, 0) is 6.42 Å². The number of para-hydroxylation sites is 1. The van der Waals surface area contributed by atoms with Gasteiger partial charge in [-0.15, -0.1) is 0 Å². The summed E-state index contributed by atoms with van der Waals surface area (Å²) in [6, 6.07) is 8.21. The smallest absolute Gasteiger partial charge is 0.193 e. The molecule has 1 N–H and O–H groups in total. The fourth-order valence-electron chi connectivity index (χ4n) is 2.06. The highest BCUT2D eigenvalue weighted by Gasteiger charge is 2.21. The van der Waals surface area contributed by atoms with Crippen LogP contribution >= 0.6 is 0 Å². The van der Waals surface area contributed by atoms with Crippen LogP contribution in [0.2, 0.25) is 0 Å². The molecule has 0 saturated carbocycles. The van der Waals surface area contributed by atoms with Crippen LogP contribution in [0.25, 0.3) is 0 Å². The van der Waals surface area contributed by atoms with Gasteiger partial charge in [0.25, 0.3) is 0 Å². The van der Waals surface area contributed by atoms with E-state index < -0.39 is 0 Å². The summed E-state index contributed by atoms with van der Waals surface area (Å²) in [5.74, 6) is 1.92. The summed E-state index contributed by atoms with van der Waals surface area (Å²) in [6.07, 6.45) is 1.11. The standard InChI is InChI=1S/C14H21N3O/c1-4-15-14(17(2)3)16-10-12-9-11-7-5-6-8-13(11)18-12/h5-8,12H,4,9-10H2,1-3H3,(H,15,16). The quantitative estimate of drug-likeness (QED) is 0.650. The van der Waals surface area contributed by atoms with Gasteiger partial charge >= 0.3 is 0 Å². The maximum atomic E-state index is 5.86. The highest BCUT2D eigenvalue weighted by molar-refractivity contribution is 5.79. The van der Waals surface area contributed by atoms with Gasteiger partial charge in [0.2, 0.25) is 0 Å². The minimum absolute atomic E-state index is 0.163. The summed E-state index contributed by atoms with van der Waals surface area (Å²) < 4.78 is 5.86. The van der Waals surface area contributed by atoms with Gasteiger partial charge in [0.15, 0.2) is 5.96 Å². The minimum Gasteiger partial charge on any atom is -0.488 e. The van der Waals surface area contributed by atoms with Gasteiger partial charge in [0, 0.05) is 27.1 Å². The van der Waals surface area contributed by atoms with Crippen molar-refractivity contribution < 1.29 is 4.74 Å². The van der Waals surface area contributed by atoms with Crippen LogP contribution in [0.5, 0.6) is 5.75 Å². The van der Waals surface area contributed by atoms with Gasteiger partial charge in [0.1, 0.15) is 11.9 Å². The predicted octanol–water partition coefficient (Wildman–Crippen LogP) is 1.52. The molecule has 1 heterocycles. The lowest BCUT2D eigenvalue weighted by Crippen LogP contribution is -2.37. The lowest BCUT2D eigenvalue weighted by molar-refractivity contribution is 0.241. The zero-order chi connectivity index (χ0) is 13.0. The van der Waals surface area contributed by atoms with Gasteiger partial charge in [-0.2, -0.15) is 0 Å². The van der Waals surface area contributed by atoms with E-state index in [-0.39, 0.29) is 6.10 Å². The van der Waals surface area contributed by atoms with Gasteiger partial charge in [-0.05, 0) is 18.6 Å². The number of rotatable bonds is 3. The Balaban J connectivity index is 1.94. The Labute approximate surface area is 109 Å². The molecule has 0 fully saturated rings. The van der Waals surface area contributed by atoms with Crippen molar-refractivity contribution in [1.82, 2.24) is 10.2 Å². The van der Waals surface area contributed by atoms with Gasteiger partial charge in [-0.25, -0.2) is 4.99 Å². The van der Waals surface area contributed by atoms with Crippen molar-refractivity contribution in [3.63, 3.8) is 0 Å². The summed E-state index contributed by atoms with van der Waals surface area (Å²) in [7, 11) is 3.98. The first-order valence-corrected chi connectivity index (χ1v) is 6.41. The number of aliphatic imine (C=N–C) groups is 1. The largest absolute Gasteiger partial charge is 0.488 e. The van der Waals surface area contributed by atoms with Crippen LogP contribution in [0.4, 0.5) is 0 Å². The van der Waals surface area contributed by atoms with Crippen molar-refractivity contribution >= 4 is 5.96 Å². The van der Waals surface area contributed by atoms with Crippen molar-refractivity contribution in [3.8, 4) is 5.75 Å². The van der Waals surface area contributed by atoms with Gasteiger partial charge in [-0.3, -0.25) is 0 Å². The lowest BCUT2D eigenvalue weighted by Gasteiger charge is -2.17. The summed E-state index contributed by atoms with van der Waals surface area (Å²) in [4.78, 5) is 6.58. The lowest BCUT2D eigenvalue weighted by atomic mass is 10.1. The summed E-state index contributed by atoms with van der Waals surface area (Å²) in [6.45, 7) is 3.64. The van der Waals surface area contributed by atoms with E-state index in [1.165, 1.54) is 5.56 Å². The summed E-state index contributed by atoms with van der Waals surface area (Å²) in [5, 5.41) is 3.25. The molecule has 0 radical (unpaired) electrons.